The first-order valence-electron chi connectivity index (χ1n) is 9.66. The molecule has 5 nitrogen and oxygen atoms in total. The Hall–Kier alpha value is -2.16. The number of para-hydroxylation sites is 1. The van der Waals surface area contributed by atoms with E-state index in [-0.39, 0.29) is 11.7 Å². The summed E-state index contributed by atoms with van der Waals surface area (Å²) in [7, 11) is 0. The standard InChI is InChI=1S/C21H23FN4OS2/c22-17-7-4-8-18-20(17)24-21(29-18)26-13-11-25(12-14-26)10-9-23-19(27)15-28-16-5-2-1-3-6-16/h1-8H,9-15H2,(H,23,27). The Morgan fingerprint density at radius 1 is 1.10 bits per heavy atom. The molecule has 0 bridgehead atoms. The van der Waals surface area contributed by atoms with Crippen LogP contribution < -0.4 is 10.2 Å². The molecule has 1 fully saturated rings. The van der Waals surface area contributed by atoms with Gasteiger partial charge in [0.05, 0.1) is 10.5 Å². The number of thioether (sulfide) groups is 1. The van der Waals surface area contributed by atoms with Crippen molar-refractivity contribution >= 4 is 44.4 Å². The number of nitrogens with zero attached hydrogens (tertiary/aromatic N) is 3. The molecule has 1 aliphatic rings. The zero-order valence-electron chi connectivity index (χ0n) is 16.0. The zero-order chi connectivity index (χ0) is 20.1. The summed E-state index contributed by atoms with van der Waals surface area (Å²) in [6.07, 6.45) is 0. The summed E-state index contributed by atoms with van der Waals surface area (Å²) >= 11 is 3.09. The molecule has 1 N–H and O–H groups in total. The first-order chi connectivity index (χ1) is 14.2. The van der Waals surface area contributed by atoms with E-state index in [9.17, 15) is 9.18 Å². The Morgan fingerprint density at radius 3 is 2.66 bits per heavy atom. The Balaban J connectivity index is 1.18. The maximum absolute atomic E-state index is 13.9. The number of carbonyl (C=O) groups is 1. The monoisotopic (exact) mass is 430 g/mol. The maximum Gasteiger partial charge on any atom is 0.230 e. The fraction of sp³-hybridized carbons (Fsp3) is 0.333. The first-order valence-corrected chi connectivity index (χ1v) is 11.5. The number of fused-ring (bicyclic) bond motifs is 1. The number of hydrogen-bond donors (Lipinski definition) is 1. The van der Waals surface area contributed by atoms with Gasteiger partial charge in [0.1, 0.15) is 11.3 Å². The second kappa shape index (κ2) is 9.56. The van der Waals surface area contributed by atoms with Crippen molar-refractivity contribution in [1.29, 1.82) is 0 Å². The normalized spacial score (nSPS) is 15.0. The minimum Gasteiger partial charge on any atom is -0.354 e. The molecule has 0 saturated carbocycles. The maximum atomic E-state index is 13.9. The fourth-order valence-electron chi connectivity index (χ4n) is 3.27. The molecule has 4 rings (SSSR count). The van der Waals surface area contributed by atoms with E-state index in [0.29, 0.717) is 17.8 Å². The first kappa shape index (κ1) is 20.1. The summed E-state index contributed by atoms with van der Waals surface area (Å²) < 4.78 is 14.8. The highest BCUT2D eigenvalue weighted by Crippen LogP contribution is 2.30. The van der Waals surface area contributed by atoms with E-state index in [1.165, 1.54) is 6.07 Å². The summed E-state index contributed by atoms with van der Waals surface area (Å²) in [5, 5.41) is 3.89. The molecule has 0 radical (unpaired) electrons. The number of carbonyl (C=O) groups excluding carboxylic acids is 1. The van der Waals surface area contributed by atoms with E-state index in [4.69, 9.17) is 0 Å². The van der Waals surface area contributed by atoms with Gasteiger partial charge in [-0.15, -0.1) is 11.8 Å². The number of amides is 1. The van der Waals surface area contributed by atoms with Crippen LogP contribution in [0, 0.1) is 5.82 Å². The lowest BCUT2D eigenvalue weighted by atomic mass is 10.3. The second-order valence-corrected chi connectivity index (χ2v) is 8.92. The van der Waals surface area contributed by atoms with Gasteiger partial charge in [-0.05, 0) is 24.3 Å². The third-order valence-electron chi connectivity index (χ3n) is 4.86. The molecule has 0 spiro atoms. The summed E-state index contributed by atoms with van der Waals surface area (Å²) in [4.78, 5) is 22.2. The summed E-state index contributed by atoms with van der Waals surface area (Å²) in [5.74, 6) is 0.241. The Bertz CT molecular complexity index is 958. The number of rotatable bonds is 7. The molecule has 2 heterocycles. The van der Waals surface area contributed by atoms with Crippen molar-refractivity contribution in [3.63, 3.8) is 0 Å². The van der Waals surface area contributed by atoms with Gasteiger partial charge in [0.2, 0.25) is 5.91 Å². The number of thiazole rings is 1. The number of halogens is 1. The van der Waals surface area contributed by atoms with Crippen LogP contribution in [0.1, 0.15) is 0 Å². The van der Waals surface area contributed by atoms with Gasteiger partial charge in [-0.1, -0.05) is 35.6 Å². The van der Waals surface area contributed by atoms with Crippen LogP contribution in [0.5, 0.6) is 0 Å². The molecular formula is C21H23FN4OS2. The highest BCUT2D eigenvalue weighted by atomic mass is 32.2. The fourth-order valence-corrected chi connectivity index (χ4v) is 5.05. The molecule has 29 heavy (non-hydrogen) atoms. The minimum absolute atomic E-state index is 0.0639. The quantitative estimate of drug-likeness (QED) is 0.582. The van der Waals surface area contributed by atoms with Gasteiger partial charge in [0, 0.05) is 44.2 Å². The smallest absolute Gasteiger partial charge is 0.230 e. The van der Waals surface area contributed by atoms with E-state index < -0.39 is 0 Å². The van der Waals surface area contributed by atoms with Crippen LogP contribution in [0.4, 0.5) is 9.52 Å². The average molecular weight is 431 g/mol. The zero-order valence-corrected chi connectivity index (χ0v) is 17.6. The van der Waals surface area contributed by atoms with Gasteiger partial charge in [0.25, 0.3) is 0 Å². The van der Waals surface area contributed by atoms with Crippen molar-refractivity contribution in [3.05, 3.63) is 54.3 Å². The Labute approximate surface area is 177 Å². The molecule has 8 heteroatoms. The van der Waals surface area contributed by atoms with Crippen LogP contribution in [-0.4, -0.2) is 60.8 Å². The van der Waals surface area contributed by atoms with Crippen molar-refractivity contribution in [2.24, 2.45) is 0 Å². The van der Waals surface area contributed by atoms with E-state index in [0.717, 1.165) is 47.5 Å². The predicted octanol–water partition coefficient (Wildman–Crippen LogP) is 3.47. The van der Waals surface area contributed by atoms with Gasteiger partial charge >= 0.3 is 0 Å². The van der Waals surface area contributed by atoms with E-state index in [1.54, 1.807) is 29.2 Å². The van der Waals surface area contributed by atoms with Crippen molar-refractivity contribution in [3.8, 4) is 0 Å². The van der Waals surface area contributed by atoms with Crippen LogP contribution in [-0.2, 0) is 4.79 Å². The van der Waals surface area contributed by atoms with Crippen LogP contribution in [0.25, 0.3) is 10.2 Å². The molecule has 0 atom stereocenters. The largest absolute Gasteiger partial charge is 0.354 e. The number of anilines is 1. The van der Waals surface area contributed by atoms with Gasteiger partial charge in [-0.2, -0.15) is 0 Å². The van der Waals surface area contributed by atoms with Crippen molar-refractivity contribution in [1.82, 2.24) is 15.2 Å². The molecule has 2 aromatic carbocycles. The van der Waals surface area contributed by atoms with Gasteiger partial charge in [-0.25, -0.2) is 9.37 Å². The molecule has 3 aromatic rings. The van der Waals surface area contributed by atoms with Crippen molar-refractivity contribution in [2.45, 2.75) is 4.90 Å². The lowest BCUT2D eigenvalue weighted by molar-refractivity contribution is -0.118. The van der Waals surface area contributed by atoms with E-state index in [1.807, 2.05) is 36.4 Å². The Morgan fingerprint density at radius 2 is 1.90 bits per heavy atom. The second-order valence-electron chi connectivity index (χ2n) is 6.86. The van der Waals surface area contributed by atoms with E-state index in [2.05, 4.69) is 20.1 Å². The summed E-state index contributed by atoms with van der Waals surface area (Å²) in [6, 6.07) is 15.0. The number of piperazine rings is 1. The van der Waals surface area contributed by atoms with Crippen molar-refractivity contribution < 1.29 is 9.18 Å². The SMILES string of the molecule is O=C(CSc1ccccc1)NCCN1CCN(c2nc3c(F)cccc3s2)CC1. The lowest BCUT2D eigenvalue weighted by Crippen LogP contribution is -2.48. The van der Waals surface area contributed by atoms with Crippen LogP contribution in [0.3, 0.4) is 0 Å². The lowest BCUT2D eigenvalue weighted by Gasteiger charge is -2.34. The number of aromatic nitrogens is 1. The molecule has 152 valence electrons. The van der Waals surface area contributed by atoms with Crippen LogP contribution in [0.2, 0.25) is 0 Å². The molecule has 1 aromatic heterocycles. The predicted molar refractivity (Wildman–Crippen MR) is 118 cm³/mol. The van der Waals surface area contributed by atoms with Gasteiger partial charge in [-0.3, -0.25) is 9.69 Å². The number of benzene rings is 2. The molecule has 1 saturated heterocycles. The molecule has 1 aliphatic heterocycles. The summed E-state index contributed by atoms with van der Waals surface area (Å²) in [6.45, 7) is 5.03. The third kappa shape index (κ3) is 5.26. The number of nitrogens with one attached hydrogen (secondary N) is 1. The number of hydrogen-bond acceptors (Lipinski definition) is 6. The van der Waals surface area contributed by atoms with E-state index >= 15 is 0 Å². The topological polar surface area (TPSA) is 48.5 Å². The highest BCUT2D eigenvalue weighted by molar-refractivity contribution is 8.00. The molecule has 0 aliphatic carbocycles. The molecule has 1 amide bonds. The third-order valence-corrected chi connectivity index (χ3v) is 6.96. The van der Waals surface area contributed by atoms with Gasteiger partial charge < -0.3 is 10.2 Å². The molecule has 0 unspecified atom stereocenters. The average Bonchev–Trinajstić information content (AvgIpc) is 3.19. The van der Waals surface area contributed by atoms with Crippen LogP contribution >= 0.6 is 23.1 Å². The van der Waals surface area contributed by atoms with Crippen molar-refractivity contribution in [2.75, 3.05) is 49.9 Å². The molecular weight excluding hydrogens is 407 g/mol. The Kier molecular flexibility index (Phi) is 6.63. The summed E-state index contributed by atoms with van der Waals surface area (Å²) in [5.41, 5.74) is 0.464. The minimum atomic E-state index is -0.259. The van der Waals surface area contributed by atoms with Gasteiger partial charge in [0.15, 0.2) is 5.13 Å². The van der Waals surface area contributed by atoms with Crippen LogP contribution in [0.15, 0.2) is 53.4 Å². The highest BCUT2D eigenvalue weighted by Gasteiger charge is 2.20.